The van der Waals surface area contributed by atoms with Crippen LogP contribution in [-0.2, 0) is 0 Å². The van der Waals surface area contributed by atoms with E-state index in [-0.39, 0.29) is 5.41 Å². The van der Waals surface area contributed by atoms with Crippen LogP contribution in [0.3, 0.4) is 0 Å². The second kappa shape index (κ2) is 5.84. The molecule has 110 valence electrons. The van der Waals surface area contributed by atoms with Crippen LogP contribution in [0.25, 0.3) is 11.1 Å². The quantitative estimate of drug-likeness (QED) is 0.840. The lowest BCUT2D eigenvalue weighted by Crippen LogP contribution is -2.22. The lowest BCUT2D eigenvalue weighted by molar-refractivity contribution is 0.238. The highest BCUT2D eigenvalue weighted by Gasteiger charge is 2.42. The Balaban J connectivity index is 1.83. The van der Waals surface area contributed by atoms with E-state index in [4.69, 9.17) is 33.7 Å². The molecule has 5 heteroatoms. The maximum absolute atomic E-state index is 6.18. The number of ether oxygens (including phenoxy) is 1. The molecule has 0 aliphatic heterocycles. The molecule has 1 fully saturated rings. The van der Waals surface area contributed by atoms with Crippen LogP contribution < -0.4 is 10.5 Å². The van der Waals surface area contributed by atoms with Gasteiger partial charge in [0, 0.05) is 22.5 Å². The fourth-order valence-electron chi connectivity index (χ4n) is 2.19. The molecule has 21 heavy (non-hydrogen) atoms. The molecular weight excluding hydrogens is 307 g/mol. The Hall–Kier alpha value is -1.29. The number of hydrogen-bond donors (Lipinski definition) is 1. The molecule has 0 unspecified atom stereocenters. The lowest BCUT2D eigenvalue weighted by Gasteiger charge is -2.14. The van der Waals surface area contributed by atoms with Gasteiger partial charge >= 0.3 is 0 Å². The van der Waals surface area contributed by atoms with Crippen LogP contribution in [0.5, 0.6) is 5.75 Å². The highest BCUT2D eigenvalue weighted by molar-refractivity contribution is 6.32. The van der Waals surface area contributed by atoms with E-state index < -0.39 is 0 Å². The summed E-state index contributed by atoms with van der Waals surface area (Å²) in [5, 5.41) is 1.10. The Morgan fingerprint density at radius 3 is 2.71 bits per heavy atom. The molecule has 2 aromatic rings. The molecule has 1 aromatic carbocycles. The standard InChI is InChI=1S/C16H16Cl2N2O/c17-12-3-1-2-11(6-12)14-7-13(8-20-15(14)18)21-10-16(9-19)4-5-16/h1-3,6-8H,4-5,9-10,19H2. The van der Waals surface area contributed by atoms with Gasteiger partial charge in [0.25, 0.3) is 0 Å². The first-order valence-electron chi connectivity index (χ1n) is 6.86. The van der Waals surface area contributed by atoms with E-state index in [1.165, 1.54) is 0 Å². The predicted octanol–water partition coefficient (Wildman–Crippen LogP) is 4.17. The van der Waals surface area contributed by atoms with Crippen LogP contribution in [0.15, 0.2) is 36.5 Å². The summed E-state index contributed by atoms with van der Waals surface area (Å²) in [5.41, 5.74) is 7.66. The van der Waals surface area contributed by atoms with Crippen LogP contribution in [0.4, 0.5) is 0 Å². The zero-order chi connectivity index (χ0) is 14.9. The van der Waals surface area contributed by atoms with Crippen molar-refractivity contribution in [2.75, 3.05) is 13.2 Å². The van der Waals surface area contributed by atoms with Crippen molar-refractivity contribution in [1.82, 2.24) is 4.98 Å². The second-order valence-corrected chi connectivity index (χ2v) is 6.31. The minimum Gasteiger partial charge on any atom is -0.491 e. The zero-order valence-corrected chi connectivity index (χ0v) is 13.0. The van der Waals surface area contributed by atoms with Gasteiger partial charge in [0.1, 0.15) is 10.9 Å². The summed E-state index contributed by atoms with van der Waals surface area (Å²) in [5.74, 6) is 0.703. The van der Waals surface area contributed by atoms with Gasteiger partial charge in [0.2, 0.25) is 0 Å². The van der Waals surface area contributed by atoms with Gasteiger partial charge in [-0.2, -0.15) is 0 Å². The fraction of sp³-hybridized carbons (Fsp3) is 0.312. The van der Waals surface area contributed by atoms with Gasteiger partial charge in [-0.05, 0) is 36.6 Å². The molecule has 3 nitrogen and oxygen atoms in total. The molecule has 1 saturated carbocycles. The first-order chi connectivity index (χ1) is 10.1. The molecule has 0 atom stereocenters. The monoisotopic (exact) mass is 322 g/mol. The zero-order valence-electron chi connectivity index (χ0n) is 11.5. The van der Waals surface area contributed by atoms with Crippen LogP contribution in [0.1, 0.15) is 12.8 Å². The Morgan fingerprint density at radius 1 is 1.24 bits per heavy atom. The molecule has 3 rings (SSSR count). The molecule has 0 spiro atoms. The summed E-state index contributed by atoms with van der Waals surface area (Å²) in [6.07, 6.45) is 3.90. The maximum atomic E-state index is 6.18. The van der Waals surface area contributed by atoms with Crippen LogP contribution >= 0.6 is 23.2 Å². The predicted molar refractivity (Wildman–Crippen MR) is 85.9 cm³/mol. The van der Waals surface area contributed by atoms with E-state index >= 15 is 0 Å². The van der Waals surface area contributed by atoms with Crippen molar-refractivity contribution in [1.29, 1.82) is 0 Å². The van der Waals surface area contributed by atoms with E-state index in [1.54, 1.807) is 6.20 Å². The van der Waals surface area contributed by atoms with Crippen molar-refractivity contribution in [2.45, 2.75) is 12.8 Å². The Bertz CT molecular complexity index is 656. The molecule has 1 aliphatic rings. The summed E-state index contributed by atoms with van der Waals surface area (Å²) in [4.78, 5) is 4.20. The topological polar surface area (TPSA) is 48.1 Å². The Kier molecular flexibility index (Phi) is 4.07. The number of halogens is 2. The summed E-state index contributed by atoms with van der Waals surface area (Å²) in [7, 11) is 0. The largest absolute Gasteiger partial charge is 0.491 e. The molecule has 2 N–H and O–H groups in total. The van der Waals surface area contributed by atoms with Gasteiger partial charge in [-0.3, -0.25) is 0 Å². The van der Waals surface area contributed by atoms with E-state index in [0.29, 0.717) is 29.1 Å². The number of aromatic nitrogens is 1. The SMILES string of the molecule is NCC1(COc2cnc(Cl)c(-c3cccc(Cl)c3)c2)CC1. The smallest absolute Gasteiger partial charge is 0.138 e. The highest BCUT2D eigenvalue weighted by atomic mass is 35.5. The van der Waals surface area contributed by atoms with Crippen molar-refractivity contribution in [3.63, 3.8) is 0 Å². The summed E-state index contributed by atoms with van der Waals surface area (Å²) in [6, 6.07) is 9.41. The normalized spacial score (nSPS) is 15.8. The highest BCUT2D eigenvalue weighted by Crippen LogP contribution is 2.44. The number of nitrogens with zero attached hydrogens (tertiary/aromatic N) is 1. The molecule has 0 amide bonds. The van der Waals surface area contributed by atoms with E-state index in [2.05, 4.69) is 4.98 Å². The van der Waals surface area contributed by atoms with Crippen LogP contribution in [0, 0.1) is 5.41 Å². The Labute approximate surface area is 134 Å². The minimum atomic E-state index is 0.163. The average Bonchev–Trinajstić information content (AvgIpc) is 3.27. The number of rotatable bonds is 5. The van der Waals surface area contributed by atoms with E-state index in [0.717, 1.165) is 24.0 Å². The summed E-state index contributed by atoms with van der Waals surface area (Å²) >= 11 is 12.2. The number of pyridine rings is 1. The van der Waals surface area contributed by atoms with Gasteiger partial charge in [-0.25, -0.2) is 4.98 Å². The summed E-state index contributed by atoms with van der Waals surface area (Å²) < 4.78 is 5.84. The van der Waals surface area contributed by atoms with Crippen molar-refractivity contribution in [3.05, 3.63) is 46.7 Å². The summed E-state index contributed by atoms with van der Waals surface area (Å²) in [6.45, 7) is 1.29. The third-order valence-corrected chi connectivity index (χ3v) is 4.42. The Morgan fingerprint density at radius 2 is 2.05 bits per heavy atom. The van der Waals surface area contributed by atoms with E-state index in [1.807, 2.05) is 30.3 Å². The fourth-order valence-corrected chi connectivity index (χ4v) is 2.59. The molecule has 0 bridgehead atoms. The van der Waals surface area contributed by atoms with Crippen molar-refractivity contribution in [3.8, 4) is 16.9 Å². The first-order valence-corrected chi connectivity index (χ1v) is 7.62. The van der Waals surface area contributed by atoms with Crippen molar-refractivity contribution >= 4 is 23.2 Å². The maximum Gasteiger partial charge on any atom is 0.138 e. The van der Waals surface area contributed by atoms with Gasteiger partial charge < -0.3 is 10.5 Å². The lowest BCUT2D eigenvalue weighted by atomic mass is 10.1. The number of nitrogens with two attached hydrogens (primary N) is 1. The first kappa shape index (κ1) is 14.6. The van der Waals surface area contributed by atoms with Gasteiger partial charge in [-0.1, -0.05) is 35.3 Å². The molecular formula is C16H16Cl2N2O. The third kappa shape index (κ3) is 3.31. The second-order valence-electron chi connectivity index (χ2n) is 5.51. The third-order valence-electron chi connectivity index (χ3n) is 3.88. The molecule has 1 aromatic heterocycles. The molecule has 0 radical (unpaired) electrons. The van der Waals surface area contributed by atoms with Gasteiger partial charge in [0.05, 0.1) is 12.8 Å². The van der Waals surface area contributed by atoms with E-state index in [9.17, 15) is 0 Å². The van der Waals surface area contributed by atoms with Crippen molar-refractivity contribution in [2.24, 2.45) is 11.1 Å². The minimum absolute atomic E-state index is 0.163. The van der Waals surface area contributed by atoms with Crippen LogP contribution in [-0.4, -0.2) is 18.1 Å². The molecule has 0 saturated heterocycles. The van der Waals surface area contributed by atoms with Gasteiger partial charge in [0.15, 0.2) is 0 Å². The van der Waals surface area contributed by atoms with Crippen molar-refractivity contribution < 1.29 is 4.74 Å². The molecule has 1 aliphatic carbocycles. The molecule has 1 heterocycles. The van der Waals surface area contributed by atoms with Crippen LogP contribution in [0.2, 0.25) is 10.2 Å². The number of benzene rings is 1. The van der Waals surface area contributed by atoms with Gasteiger partial charge in [-0.15, -0.1) is 0 Å². The average molecular weight is 323 g/mol. The number of hydrogen-bond acceptors (Lipinski definition) is 3.